The van der Waals surface area contributed by atoms with Crippen LogP contribution in [0.3, 0.4) is 0 Å². The minimum absolute atomic E-state index is 1.02. The summed E-state index contributed by atoms with van der Waals surface area (Å²) in [5.41, 5.74) is 0. The largest absolute Gasteiger partial charge is 0.0654 e. The van der Waals surface area contributed by atoms with Crippen LogP contribution in [-0.2, 0) is 0 Å². The minimum atomic E-state index is 1.02. The van der Waals surface area contributed by atoms with Crippen molar-refractivity contribution in [1.82, 2.24) is 0 Å². The molecule has 0 radical (unpaired) electrons. The molecule has 0 aromatic heterocycles. The van der Waals surface area contributed by atoms with E-state index < -0.39 is 0 Å². The van der Waals surface area contributed by atoms with Crippen molar-refractivity contribution in [1.29, 1.82) is 0 Å². The second kappa shape index (κ2) is 27.0. The summed E-state index contributed by atoms with van der Waals surface area (Å²) in [6.45, 7) is 7.02. The summed E-state index contributed by atoms with van der Waals surface area (Å²) in [5.74, 6) is 1.02. The highest BCUT2D eigenvalue weighted by molar-refractivity contribution is 4.58. The molecule has 0 aliphatic rings. The monoisotopic (exact) mass is 422 g/mol. The van der Waals surface area contributed by atoms with Crippen molar-refractivity contribution in [3.05, 3.63) is 0 Å². The fourth-order valence-electron chi connectivity index (χ4n) is 4.91. The van der Waals surface area contributed by atoms with Gasteiger partial charge in [0.25, 0.3) is 0 Å². The van der Waals surface area contributed by atoms with E-state index in [1.54, 1.807) is 0 Å². The topological polar surface area (TPSA) is 0 Å². The quantitative estimate of drug-likeness (QED) is 0.122. The van der Waals surface area contributed by atoms with E-state index in [4.69, 9.17) is 0 Å². The maximum absolute atomic E-state index is 2.39. The highest BCUT2D eigenvalue weighted by atomic mass is 14.1. The third kappa shape index (κ3) is 24.3. The molecule has 0 amide bonds. The Balaban J connectivity index is 3.09. The van der Waals surface area contributed by atoms with Gasteiger partial charge in [-0.25, -0.2) is 0 Å². The van der Waals surface area contributed by atoms with E-state index in [-0.39, 0.29) is 0 Å². The zero-order chi connectivity index (χ0) is 22.0. The molecule has 0 saturated carbocycles. The standard InChI is InChI=1S/C30H62/c1-4-7-9-10-11-12-13-14-15-16-17-18-19-20-21-22-23-24-25-26-27-29-30(6-3)28-8-5-2/h30H,4-29H2,1-3H3. The number of rotatable bonds is 26. The van der Waals surface area contributed by atoms with Gasteiger partial charge in [0, 0.05) is 0 Å². The average Bonchev–Trinajstić information content (AvgIpc) is 2.76. The minimum Gasteiger partial charge on any atom is -0.0654 e. The van der Waals surface area contributed by atoms with Gasteiger partial charge in [0.15, 0.2) is 0 Å². The first-order chi connectivity index (χ1) is 14.8. The fourth-order valence-corrected chi connectivity index (χ4v) is 4.91. The van der Waals surface area contributed by atoms with Crippen LogP contribution in [0.4, 0.5) is 0 Å². The van der Waals surface area contributed by atoms with Gasteiger partial charge < -0.3 is 0 Å². The average molecular weight is 423 g/mol. The predicted octanol–water partition coefficient (Wildman–Crippen LogP) is 11.8. The number of unbranched alkanes of at least 4 members (excludes halogenated alkanes) is 21. The molecule has 0 aliphatic heterocycles. The van der Waals surface area contributed by atoms with Crippen LogP contribution in [0.5, 0.6) is 0 Å². The van der Waals surface area contributed by atoms with Crippen LogP contribution in [0, 0.1) is 5.92 Å². The van der Waals surface area contributed by atoms with Crippen molar-refractivity contribution in [2.24, 2.45) is 5.92 Å². The highest BCUT2D eigenvalue weighted by Crippen LogP contribution is 2.21. The van der Waals surface area contributed by atoms with Crippen LogP contribution in [0.1, 0.15) is 188 Å². The van der Waals surface area contributed by atoms with Crippen molar-refractivity contribution in [3.8, 4) is 0 Å². The van der Waals surface area contributed by atoms with Gasteiger partial charge in [-0.3, -0.25) is 0 Å². The van der Waals surface area contributed by atoms with Gasteiger partial charge in [-0.2, -0.15) is 0 Å². The first kappa shape index (κ1) is 30.0. The van der Waals surface area contributed by atoms with Crippen molar-refractivity contribution in [3.63, 3.8) is 0 Å². The van der Waals surface area contributed by atoms with E-state index in [0.29, 0.717) is 0 Å². The molecule has 0 nitrogen and oxygen atoms in total. The smallest absolute Gasteiger partial charge is 0.0417 e. The maximum atomic E-state index is 2.39. The molecule has 0 aliphatic carbocycles. The molecule has 0 N–H and O–H groups in total. The lowest BCUT2D eigenvalue weighted by Crippen LogP contribution is -1.98. The van der Waals surface area contributed by atoms with E-state index >= 15 is 0 Å². The second-order valence-corrected chi connectivity index (χ2v) is 10.3. The SMILES string of the molecule is CCCCCCCCCCCCCCCCCCCCCCCC(CC)CCCC. The van der Waals surface area contributed by atoms with E-state index in [1.807, 2.05) is 0 Å². The Morgan fingerprint density at radius 2 is 0.567 bits per heavy atom. The van der Waals surface area contributed by atoms with Gasteiger partial charge in [0.2, 0.25) is 0 Å². The summed E-state index contributed by atoms with van der Waals surface area (Å²) >= 11 is 0. The molecular formula is C30H62. The fraction of sp³-hybridized carbons (Fsp3) is 1.00. The lowest BCUT2D eigenvalue weighted by molar-refractivity contribution is 0.399. The zero-order valence-electron chi connectivity index (χ0n) is 22.0. The van der Waals surface area contributed by atoms with Gasteiger partial charge in [-0.15, -0.1) is 0 Å². The van der Waals surface area contributed by atoms with E-state index in [1.165, 1.54) is 167 Å². The first-order valence-corrected chi connectivity index (χ1v) is 14.8. The summed E-state index contributed by atoms with van der Waals surface area (Å²) < 4.78 is 0. The van der Waals surface area contributed by atoms with E-state index in [2.05, 4.69) is 20.8 Å². The molecule has 0 fully saturated rings. The number of hydrogen-bond donors (Lipinski definition) is 0. The summed E-state index contributed by atoms with van der Waals surface area (Å²) in [5, 5.41) is 0. The Morgan fingerprint density at radius 1 is 0.300 bits per heavy atom. The third-order valence-corrected chi connectivity index (χ3v) is 7.26. The molecule has 0 heterocycles. The Morgan fingerprint density at radius 3 is 0.867 bits per heavy atom. The Bertz CT molecular complexity index is 282. The molecule has 0 bridgehead atoms. The first-order valence-electron chi connectivity index (χ1n) is 14.8. The molecule has 0 aromatic rings. The number of hydrogen-bond acceptors (Lipinski definition) is 0. The summed E-state index contributed by atoms with van der Waals surface area (Å²) in [6.07, 6.45) is 38.3. The van der Waals surface area contributed by atoms with Crippen molar-refractivity contribution in [2.75, 3.05) is 0 Å². The van der Waals surface area contributed by atoms with Gasteiger partial charge in [-0.1, -0.05) is 188 Å². The summed E-state index contributed by atoms with van der Waals surface area (Å²) in [6, 6.07) is 0. The highest BCUT2D eigenvalue weighted by Gasteiger charge is 2.05. The third-order valence-electron chi connectivity index (χ3n) is 7.26. The molecule has 1 unspecified atom stereocenters. The Labute approximate surface area is 193 Å². The lowest BCUT2D eigenvalue weighted by Gasteiger charge is -2.13. The molecule has 0 aromatic carbocycles. The normalized spacial score (nSPS) is 12.5. The molecular weight excluding hydrogens is 360 g/mol. The summed E-state index contributed by atoms with van der Waals surface area (Å²) in [7, 11) is 0. The van der Waals surface area contributed by atoms with Gasteiger partial charge in [0.1, 0.15) is 0 Å². The van der Waals surface area contributed by atoms with E-state index in [0.717, 1.165) is 5.92 Å². The van der Waals surface area contributed by atoms with Crippen molar-refractivity contribution < 1.29 is 0 Å². The van der Waals surface area contributed by atoms with Crippen LogP contribution in [0.2, 0.25) is 0 Å². The second-order valence-electron chi connectivity index (χ2n) is 10.3. The molecule has 0 saturated heterocycles. The van der Waals surface area contributed by atoms with E-state index in [9.17, 15) is 0 Å². The van der Waals surface area contributed by atoms with Crippen molar-refractivity contribution in [2.45, 2.75) is 188 Å². The molecule has 30 heavy (non-hydrogen) atoms. The van der Waals surface area contributed by atoms with Crippen LogP contribution in [0.15, 0.2) is 0 Å². The van der Waals surface area contributed by atoms with Crippen molar-refractivity contribution >= 4 is 0 Å². The van der Waals surface area contributed by atoms with Gasteiger partial charge in [-0.05, 0) is 5.92 Å². The molecule has 182 valence electrons. The van der Waals surface area contributed by atoms with Crippen LogP contribution in [-0.4, -0.2) is 0 Å². The molecule has 0 rings (SSSR count). The van der Waals surface area contributed by atoms with Crippen LogP contribution >= 0.6 is 0 Å². The molecule has 0 spiro atoms. The predicted molar refractivity (Wildman–Crippen MR) is 141 cm³/mol. The van der Waals surface area contributed by atoms with Crippen LogP contribution < -0.4 is 0 Å². The van der Waals surface area contributed by atoms with Gasteiger partial charge >= 0.3 is 0 Å². The maximum Gasteiger partial charge on any atom is -0.0417 e. The molecule has 0 heteroatoms. The Hall–Kier alpha value is 0. The van der Waals surface area contributed by atoms with Crippen LogP contribution in [0.25, 0.3) is 0 Å². The summed E-state index contributed by atoms with van der Waals surface area (Å²) in [4.78, 5) is 0. The lowest BCUT2D eigenvalue weighted by atomic mass is 9.93. The molecule has 1 atom stereocenters. The Kier molecular flexibility index (Phi) is 27.0. The van der Waals surface area contributed by atoms with Gasteiger partial charge in [0.05, 0.1) is 0 Å². The zero-order valence-corrected chi connectivity index (χ0v) is 22.0.